The molecule has 13 heteroatoms. The summed E-state index contributed by atoms with van der Waals surface area (Å²) < 4.78 is 50.7. The van der Waals surface area contributed by atoms with Crippen molar-refractivity contribution in [2.45, 2.75) is 31.3 Å². The minimum atomic E-state index is -4.43. The van der Waals surface area contributed by atoms with Crippen LogP contribution in [-0.4, -0.2) is 72.7 Å². The van der Waals surface area contributed by atoms with Gasteiger partial charge in [0.1, 0.15) is 24.1 Å². The number of hydrogen-bond acceptors (Lipinski definition) is 8. The van der Waals surface area contributed by atoms with Crippen molar-refractivity contribution in [2.24, 2.45) is 0 Å². The zero-order valence-electron chi connectivity index (χ0n) is 24.9. The Hall–Kier alpha value is -4.16. The molecule has 3 rings (SSSR count). The van der Waals surface area contributed by atoms with Gasteiger partial charge in [0.2, 0.25) is 11.8 Å². The number of amides is 2. The standard InChI is InChI=1S/C30H36ClN3O8S/c1-7-32-30(36)20(2)33(18-21-8-11-23(39-3)12-9-21)29(35)19-34(25-16-22(31)10-14-26(25)40-4)43(37,38)24-13-15-27(41-5)28(17-24)42-6/h8-17,20H,7,18-19H2,1-6H3,(H,32,36). The smallest absolute Gasteiger partial charge is 0.265 e. The van der Waals surface area contributed by atoms with Gasteiger partial charge in [-0.05, 0) is 61.9 Å². The molecule has 0 aliphatic carbocycles. The summed E-state index contributed by atoms with van der Waals surface area (Å²) in [4.78, 5) is 28.1. The maximum atomic E-state index is 14.2. The van der Waals surface area contributed by atoms with E-state index in [0.29, 0.717) is 23.6 Å². The summed E-state index contributed by atoms with van der Waals surface area (Å²) in [6, 6.07) is 14.6. The minimum Gasteiger partial charge on any atom is -0.497 e. The second-order valence-electron chi connectivity index (χ2n) is 9.28. The number of hydrogen-bond donors (Lipinski definition) is 1. The third-order valence-corrected chi connectivity index (χ3v) is 8.65. The van der Waals surface area contributed by atoms with Crippen molar-refractivity contribution in [1.29, 1.82) is 0 Å². The molecule has 43 heavy (non-hydrogen) atoms. The zero-order valence-corrected chi connectivity index (χ0v) is 26.5. The quantitative estimate of drug-likeness (QED) is 0.281. The maximum absolute atomic E-state index is 14.2. The first-order valence-corrected chi connectivity index (χ1v) is 15.1. The highest BCUT2D eigenvalue weighted by Gasteiger charge is 2.34. The number of carbonyl (C=O) groups is 2. The molecule has 0 aromatic heterocycles. The first-order valence-electron chi connectivity index (χ1n) is 13.3. The predicted octanol–water partition coefficient (Wildman–Crippen LogP) is 4.12. The summed E-state index contributed by atoms with van der Waals surface area (Å²) >= 11 is 6.29. The molecule has 1 unspecified atom stereocenters. The molecule has 0 saturated carbocycles. The molecule has 232 valence electrons. The molecule has 11 nitrogen and oxygen atoms in total. The van der Waals surface area contributed by atoms with Crippen LogP contribution in [0, 0.1) is 0 Å². The molecule has 2 amide bonds. The summed E-state index contributed by atoms with van der Waals surface area (Å²) in [6.45, 7) is 3.06. The molecule has 0 spiro atoms. The summed E-state index contributed by atoms with van der Waals surface area (Å²) in [6.07, 6.45) is 0. The van der Waals surface area contributed by atoms with Crippen LogP contribution >= 0.6 is 11.6 Å². The van der Waals surface area contributed by atoms with Gasteiger partial charge in [0.05, 0.1) is 39.0 Å². The summed E-state index contributed by atoms with van der Waals surface area (Å²) in [5, 5.41) is 2.95. The van der Waals surface area contributed by atoms with E-state index in [9.17, 15) is 18.0 Å². The topological polar surface area (TPSA) is 124 Å². The number of rotatable bonds is 14. The molecule has 0 aliphatic rings. The second kappa shape index (κ2) is 14.8. The van der Waals surface area contributed by atoms with Gasteiger partial charge in [-0.15, -0.1) is 0 Å². The van der Waals surface area contributed by atoms with Gasteiger partial charge < -0.3 is 29.2 Å². The monoisotopic (exact) mass is 633 g/mol. The number of methoxy groups -OCH3 is 4. The number of carbonyl (C=O) groups excluding carboxylic acids is 2. The summed E-state index contributed by atoms with van der Waals surface area (Å²) in [7, 11) is 1.30. The lowest BCUT2D eigenvalue weighted by Gasteiger charge is -2.32. The van der Waals surface area contributed by atoms with Crippen molar-refractivity contribution >= 4 is 39.1 Å². The van der Waals surface area contributed by atoms with E-state index in [2.05, 4.69) is 5.32 Å². The number of sulfonamides is 1. The van der Waals surface area contributed by atoms with Crippen LogP contribution in [0.4, 0.5) is 5.69 Å². The number of anilines is 1. The largest absolute Gasteiger partial charge is 0.497 e. The molecule has 0 aliphatic heterocycles. The fraction of sp³-hybridized carbons (Fsp3) is 0.333. The van der Waals surface area contributed by atoms with Gasteiger partial charge in [0, 0.05) is 24.2 Å². The Morgan fingerprint density at radius 2 is 1.49 bits per heavy atom. The Morgan fingerprint density at radius 3 is 2.07 bits per heavy atom. The van der Waals surface area contributed by atoms with Crippen LogP contribution in [0.3, 0.4) is 0 Å². The third-order valence-electron chi connectivity index (χ3n) is 6.66. The van der Waals surface area contributed by atoms with Crippen LogP contribution in [0.1, 0.15) is 19.4 Å². The average molecular weight is 634 g/mol. The Morgan fingerprint density at radius 1 is 0.860 bits per heavy atom. The third kappa shape index (κ3) is 7.82. The highest BCUT2D eigenvalue weighted by molar-refractivity contribution is 7.92. The molecule has 3 aromatic rings. The van der Waals surface area contributed by atoms with Crippen molar-refractivity contribution in [2.75, 3.05) is 45.8 Å². The van der Waals surface area contributed by atoms with Crippen molar-refractivity contribution in [3.05, 3.63) is 71.2 Å². The van der Waals surface area contributed by atoms with E-state index in [1.54, 1.807) is 51.3 Å². The average Bonchev–Trinajstić information content (AvgIpc) is 3.01. The summed E-state index contributed by atoms with van der Waals surface area (Å²) in [5.74, 6) is 0.266. The number of halogens is 1. The Bertz CT molecular complexity index is 1530. The van der Waals surface area contributed by atoms with E-state index in [1.165, 1.54) is 56.6 Å². The number of likely N-dealkylation sites (N-methyl/N-ethyl adjacent to an activating group) is 1. The first kappa shape index (κ1) is 33.3. The Balaban J connectivity index is 2.14. The molecule has 0 heterocycles. The van der Waals surface area contributed by atoms with Gasteiger partial charge in [0.25, 0.3) is 10.0 Å². The predicted molar refractivity (Wildman–Crippen MR) is 164 cm³/mol. The van der Waals surface area contributed by atoms with Crippen LogP contribution in [0.5, 0.6) is 23.0 Å². The molecule has 1 atom stereocenters. The van der Waals surface area contributed by atoms with Crippen molar-refractivity contribution in [3.8, 4) is 23.0 Å². The zero-order chi connectivity index (χ0) is 31.7. The number of nitrogens with one attached hydrogen (secondary N) is 1. The number of ether oxygens (including phenoxy) is 4. The van der Waals surface area contributed by atoms with E-state index in [-0.39, 0.29) is 39.6 Å². The lowest BCUT2D eigenvalue weighted by atomic mass is 10.1. The molecule has 0 radical (unpaired) electrons. The molecule has 3 aromatic carbocycles. The van der Waals surface area contributed by atoms with Crippen LogP contribution in [0.25, 0.3) is 0 Å². The van der Waals surface area contributed by atoms with Crippen LogP contribution in [0.2, 0.25) is 5.02 Å². The molecular formula is C30H36ClN3O8S. The van der Waals surface area contributed by atoms with E-state index in [0.717, 1.165) is 4.31 Å². The number of benzene rings is 3. The second-order valence-corrected chi connectivity index (χ2v) is 11.6. The van der Waals surface area contributed by atoms with Gasteiger partial charge in [-0.3, -0.25) is 13.9 Å². The number of nitrogens with zero attached hydrogens (tertiary/aromatic N) is 2. The fourth-order valence-corrected chi connectivity index (χ4v) is 5.91. The van der Waals surface area contributed by atoms with Gasteiger partial charge >= 0.3 is 0 Å². The molecular weight excluding hydrogens is 598 g/mol. The molecule has 0 fully saturated rings. The van der Waals surface area contributed by atoms with Crippen LogP contribution in [-0.2, 0) is 26.2 Å². The van der Waals surface area contributed by atoms with Gasteiger partial charge in [-0.2, -0.15) is 0 Å². The van der Waals surface area contributed by atoms with Crippen LogP contribution in [0.15, 0.2) is 65.6 Å². The van der Waals surface area contributed by atoms with Crippen LogP contribution < -0.4 is 28.6 Å². The first-order chi connectivity index (χ1) is 20.5. The lowest BCUT2D eigenvalue weighted by Crippen LogP contribution is -2.51. The highest BCUT2D eigenvalue weighted by Crippen LogP contribution is 2.37. The van der Waals surface area contributed by atoms with Gasteiger partial charge in [-0.1, -0.05) is 23.7 Å². The van der Waals surface area contributed by atoms with Crippen molar-refractivity contribution in [3.63, 3.8) is 0 Å². The van der Waals surface area contributed by atoms with E-state index >= 15 is 0 Å². The Kier molecular flexibility index (Phi) is 11.5. The van der Waals surface area contributed by atoms with E-state index < -0.39 is 28.5 Å². The molecule has 0 saturated heterocycles. The normalized spacial score (nSPS) is 11.7. The summed E-state index contributed by atoms with van der Waals surface area (Å²) in [5.41, 5.74) is 0.744. The molecule has 1 N–H and O–H groups in total. The lowest BCUT2D eigenvalue weighted by molar-refractivity contribution is -0.139. The minimum absolute atomic E-state index is 0.0258. The fourth-order valence-electron chi connectivity index (χ4n) is 4.31. The SMILES string of the molecule is CCNC(=O)C(C)N(Cc1ccc(OC)cc1)C(=O)CN(c1cc(Cl)ccc1OC)S(=O)(=O)c1ccc(OC)c(OC)c1. The van der Waals surface area contributed by atoms with Gasteiger partial charge in [0.15, 0.2) is 11.5 Å². The van der Waals surface area contributed by atoms with Gasteiger partial charge in [-0.25, -0.2) is 8.42 Å². The molecule has 0 bridgehead atoms. The van der Waals surface area contributed by atoms with E-state index in [4.69, 9.17) is 30.5 Å². The maximum Gasteiger partial charge on any atom is 0.265 e. The van der Waals surface area contributed by atoms with Crippen molar-refractivity contribution in [1.82, 2.24) is 10.2 Å². The van der Waals surface area contributed by atoms with E-state index in [1.807, 2.05) is 0 Å². The van der Waals surface area contributed by atoms with Crippen molar-refractivity contribution < 1.29 is 37.0 Å². The Labute approximate surface area is 257 Å². The highest BCUT2D eigenvalue weighted by atomic mass is 35.5.